The second-order valence-electron chi connectivity index (χ2n) is 2.22. The molecule has 0 aliphatic carbocycles. The van der Waals surface area contributed by atoms with E-state index in [0.29, 0.717) is 10.6 Å². The molecule has 1 aromatic rings. The molecule has 0 amide bonds. The number of thioether (sulfide) groups is 1. The van der Waals surface area contributed by atoms with Crippen LogP contribution in [0.1, 0.15) is 0 Å². The molecule has 4 nitrogen and oxygen atoms in total. The van der Waals surface area contributed by atoms with E-state index in [1.165, 1.54) is 23.9 Å². The number of nitrogens with one attached hydrogen (secondary N) is 1. The number of anilines is 1. The van der Waals surface area contributed by atoms with Crippen LogP contribution in [0, 0.1) is 0 Å². The maximum atomic E-state index is 10.3. The van der Waals surface area contributed by atoms with Gasteiger partial charge in [-0.2, -0.15) is 0 Å². The van der Waals surface area contributed by atoms with Gasteiger partial charge in [-0.3, -0.25) is 4.21 Å². The standard InChI is InChI=1S/C7H9NO3S2/c1-12-7-4-5(8-13(10)11)2-3-6(7)9/h2-4,8-9H,1H3,(H,10,11)/p-1. The molecule has 0 aliphatic rings. The number of hydrogen-bond donors (Lipinski definition) is 2. The molecule has 1 unspecified atom stereocenters. The Kier molecular flexibility index (Phi) is 3.58. The Balaban J connectivity index is 2.92. The number of phenols is 1. The first-order valence-corrected chi connectivity index (χ1v) is 5.66. The number of benzene rings is 1. The molecule has 72 valence electrons. The van der Waals surface area contributed by atoms with Crippen molar-refractivity contribution < 1.29 is 13.9 Å². The average Bonchev–Trinajstić information content (AvgIpc) is 2.07. The monoisotopic (exact) mass is 218 g/mol. The maximum Gasteiger partial charge on any atom is 0.129 e. The van der Waals surface area contributed by atoms with Crippen molar-refractivity contribution in [3.8, 4) is 5.75 Å². The van der Waals surface area contributed by atoms with Crippen molar-refractivity contribution in [1.29, 1.82) is 0 Å². The normalized spacial score (nSPS) is 12.5. The average molecular weight is 218 g/mol. The highest BCUT2D eigenvalue weighted by atomic mass is 32.2. The lowest BCUT2D eigenvalue weighted by Gasteiger charge is -2.09. The van der Waals surface area contributed by atoms with Crippen LogP contribution >= 0.6 is 11.8 Å². The molecule has 0 bridgehead atoms. The van der Waals surface area contributed by atoms with E-state index in [9.17, 15) is 13.9 Å². The summed E-state index contributed by atoms with van der Waals surface area (Å²) >= 11 is -0.979. The lowest BCUT2D eigenvalue weighted by molar-refractivity contribution is 0.462. The summed E-state index contributed by atoms with van der Waals surface area (Å²) in [5.74, 6) is 0.148. The summed E-state index contributed by atoms with van der Waals surface area (Å²) in [5, 5.41) is 9.27. The van der Waals surface area contributed by atoms with E-state index in [4.69, 9.17) is 0 Å². The predicted octanol–water partition coefficient (Wildman–Crippen LogP) is 1.32. The summed E-state index contributed by atoms with van der Waals surface area (Å²) < 4.78 is 22.7. The van der Waals surface area contributed by atoms with Crippen LogP contribution < -0.4 is 4.72 Å². The Morgan fingerprint density at radius 2 is 2.31 bits per heavy atom. The third kappa shape index (κ3) is 2.91. The summed E-state index contributed by atoms with van der Waals surface area (Å²) in [5.41, 5.74) is 0.440. The minimum Gasteiger partial charge on any atom is -0.755 e. The summed E-state index contributed by atoms with van der Waals surface area (Å²) in [4.78, 5) is 0.635. The van der Waals surface area contributed by atoms with Gasteiger partial charge in [-0.15, -0.1) is 11.8 Å². The fraction of sp³-hybridized carbons (Fsp3) is 0.143. The maximum absolute atomic E-state index is 10.3. The Morgan fingerprint density at radius 1 is 1.62 bits per heavy atom. The molecule has 0 radical (unpaired) electrons. The summed E-state index contributed by atoms with van der Waals surface area (Å²) in [7, 11) is 0. The zero-order valence-electron chi connectivity index (χ0n) is 6.81. The summed E-state index contributed by atoms with van der Waals surface area (Å²) in [6.07, 6.45) is 1.80. The molecule has 6 heteroatoms. The first-order chi connectivity index (χ1) is 6.13. The molecule has 2 N–H and O–H groups in total. The third-order valence-corrected chi connectivity index (χ3v) is 2.55. The van der Waals surface area contributed by atoms with Gasteiger partial charge in [0.05, 0.1) is 4.90 Å². The van der Waals surface area contributed by atoms with Gasteiger partial charge < -0.3 is 14.4 Å². The van der Waals surface area contributed by atoms with Gasteiger partial charge in [-0.25, -0.2) is 0 Å². The Labute approximate surface area is 82.8 Å². The van der Waals surface area contributed by atoms with E-state index in [-0.39, 0.29) is 5.75 Å². The molecule has 1 atom stereocenters. The van der Waals surface area contributed by atoms with E-state index in [1.807, 2.05) is 0 Å². The molecule has 0 heterocycles. The highest BCUT2D eigenvalue weighted by Crippen LogP contribution is 2.29. The van der Waals surface area contributed by atoms with Crippen LogP contribution in [0.4, 0.5) is 5.69 Å². The molecule has 0 aliphatic heterocycles. The molecule has 0 aromatic heterocycles. The summed E-state index contributed by atoms with van der Waals surface area (Å²) in [6.45, 7) is 0. The van der Waals surface area contributed by atoms with E-state index in [1.54, 1.807) is 12.3 Å². The van der Waals surface area contributed by atoms with Crippen LogP contribution in [0.15, 0.2) is 23.1 Å². The van der Waals surface area contributed by atoms with Crippen molar-refractivity contribution in [3.05, 3.63) is 18.2 Å². The Morgan fingerprint density at radius 3 is 2.85 bits per heavy atom. The first-order valence-electron chi connectivity index (χ1n) is 3.36. The largest absolute Gasteiger partial charge is 0.755 e. The Hall–Kier alpha value is -0.720. The second kappa shape index (κ2) is 4.50. The van der Waals surface area contributed by atoms with Gasteiger partial charge in [0.2, 0.25) is 0 Å². The van der Waals surface area contributed by atoms with E-state index in [2.05, 4.69) is 4.72 Å². The van der Waals surface area contributed by atoms with Crippen LogP contribution in [-0.2, 0) is 11.3 Å². The molecular weight excluding hydrogens is 210 g/mol. The van der Waals surface area contributed by atoms with E-state index < -0.39 is 11.3 Å². The van der Waals surface area contributed by atoms with Crippen molar-refractivity contribution in [2.45, 2.75) is 4.90 Å². The highest BCUT2D eigenvalue weighted by molar-refractivity contribution is 7.98. The lowest BCUT2D eigenvalue weighted by Crippen LogP contribution is -2.01. The smallest absolute Gasteiger partial charge is 0.129 e. The van der Waals surface area contributed by atoms with Gasteiger partial charge in [-0.05, 0) is 24.5 Å². The van der Waals surface area contributed by atoms with Crippen molar-refractivity contribution in [3.63, 3.8) is 0 Å². The van der Waals surface area contributed by atoms with Crippen molar-refractivity contribution in [2.75, 3.05) is 11.0 Å². The lowest BCUT2D eigenvalue weighted by atomic mass is 10.3. The number of hydrogen-bond acceptors (Lipinski definition) is 4. The number of phenolic OH excluding ortho intramolecular Hbond substituents is 1. The summed E-state index contributed by atoms with van der Waals surface area (Å²) in [6, 6.07) is 4.50. The zero-order valence-corrected chi connectivity index (χ0v) is 8.45. The van der Waals surface area contributed by atoms with Crippen LogP contribution in [0.5, 0.6) is 5.75 Å². The molecule has 0 saturated heterocycles. The zero-order chi connectivity index (χ0) is 9.84. The fourth-order valence-electron chi connectivity index (χ4n) is 0.837. The molecule has 1 aromatic carbocycles. The molecule has 13 heavy (non-hydrogen) atoms. The van der Waals surface area contributed by atoms with Crippen LogP contribution in [-0.4, -0.2) is 20.1 Å². The molecule has 0 fully saturated rings. The van der Waals surface area contributed by atoms with Gasteiger partial charge in [0.15, 0.2) is 0 Å². The van der Waals surface area contributed by atoms with Gasteiger partial charge in [-0.1, -0.05) is 0 Å². The second-order valence-corrected chi connectivity index (χ2v) is 3.75. The number of rotatable bonds is 3. The van der Waals surface area contributed by atoms with E-state index in [0.717, 1.165) is 0 Å². The molecular formula is C7H8NO3S2-. The van der Waals surface area contributed by atoms with E-state index >= 15 is 0 Å². The van der Waals surface area contributed by atoms with Gasteiger partial charge >= 0.3 is 0 Å². The molecule has 0 spiro atoms. The highest BCUT2D eigenvalue weighted by Gasteiger charge is 2.00. The predicted molar refractivity (Wildman–Crippen MR) is 52.4 cm³/mol. The minimum absolute atomic E-state index is 0.148. The van der Waals surface area contributed by atoms with Crippen LogP contribution in [0.2, 0.25) is 0 Å². The fourth-order valence-corrected chi connectivity index (χ4v) is 1.68. The quantitative estimate of drug-likeness (QED) is 0.456. The van der Waals surface area contributed by atoms with Crippen LogP contribution in [0.3, 0.4) is 0 Å². The van der Waals surface area contributed by atoms with Gasteiger partial charge in [0.25, 0.3) is 0 Å². The van der Waals surface area contributed by atoms with Crippen molar-refractivity contribution in [2.24, 2.45) is 0 Å². The SMILES string of the molecule is CSc1cc(NS(=O)[O-])ccc1O. The minimum atomic E-state index is -2.32. The molecule has 0 saturated carbocycles. The van der Waals surface area contributed by atoms with Crippen molar-refractivity contribution >= 4 is 28.7 Å². The van der Waals surface area contributed by atoms with Crippen molar-refractivity contribution in [1.82, 2.24) is 0 Å². The van der Waals surface area contributed by atoms with Crippen LogP contribution in [0.25, 0.3) is 0 Å². The first kappa shape index (κ1) is 10.4. The third-order valence-electron chi connectivity index (χ3n) is 1.38. The van der Waals surface area contributed by atoms with Gasteiger partial charge in [0.1, 0.15) is 5.75 Å². The Bertz CT molecular complexity index is 330. The van der Waals surface area contributed by atoms with Gasteiger partial charge in [0, 0.05) is 17.0 Å². The number of aromatic hydroxyl groups is 1. The topological polar surface area (TPSA) is 72.4 Å². The molecule has 1 rings (SSSR count).